The SMILES string of the molecule is COc1ccccc1-c1ncc(CN[C@H]2CCCN(C3Cc4ccccc4C3)C2)cn1. The third-order valence-electron chi connectivity index (χ3n) is 6.65. The van der Waals surface area contributed by atoms with Crippen LogP contribution >= 0.6 is 0 Å². The van der Waals surface area contributed by atoms with Crippen molar-refractivity contribution in [3.05, 3.63) is 77.6 Å². The van der Waals surface area contributed by atoms with E-state index >= 15 is 0 Å². The van der Waals surface area contributed by atoms with Gasteiger partial charge >= 0.3 is 0 Å². The number of likely N-dealkylation sites (tertiary alicyclic amines) is 1. The van der Waals surface area contributed by atoms with Gasteiger partial charge in [0, 0.05) is 43.1 Å². The van der Waals surface area contributed by atoms with Gasteiger partial charge in [0.2, 0.25) is 0 Å². The van der Waals surface area contributed by atoms with Gasteiger partial charge in [-0.3, -0.25) is 4.90 Å². The lowest BCUT2D eigenvalue weighted by atomic mass is 10.0. The Morgan fingerprint density at radius 3 is 2.45 bits per heavy atom. The highest BCUT2D eigenvalue weighted by atomic mass is 16.5. The van der Waals surface area contributed by atoms with E-state index in [-0.39, 0.29) is 0 Å². The van der Waals surface area contributed by atoms with Crippen molar-refractivity contribution in [1.82, 2.24) is 20.2 Å². The van der Waals surface area contributed by atoms with Gasteiger partial charge in [0.05, 0.1) is 12.7 Å². The first kappa shape index (κ1) is 20.2. The maximum Gasteiger partial charge on any atom is 0.162 e. The first-order valence-electron chi connectivity index (χ1n) is 11.3. The van der Waals surface area contributed by atoms with Crippen LogP contribution in [0.1, 0.15) is 29.5 Å². The number of rotatable bonds is 6. The van der Waals surface area contributed by atoms with Crippen LogP contribution in [0.2, 0.25) is 0 Å². The molecular formula is C26H30N4O. The maximum absolute atomic E-state index is 5.43. The van der Waals surface area contributed by atoms with Crippen LogP contribution in [0.15, 0.2) is 60.9 Å². The van der Waals surface area contributed by atoms with E-state index in [9.17, 15) is 0 Å². The molecule has 0 spiro atoms. The standard InChI is InChI=1S/C26H30N4O/c1-31-25-11-5-4-10-24(25)26-28-16-19(17-29-26)15-27-22-9-6-12-30(18-22)23-13-20-7-2-3-8-21(20)14-23/h2-5,7-8,10-11,16-17,22-23,27H,6,9,12-15,18H2,1H3/t22-/m0/s1. The molecule has 0 saturated carbocycles. The van der Waals surface area contributed by atoms with Crippen molar-refractivity contribution in [3.63, 3.8) is 0 Å². The molecule has 2 aliphatic rings. The van der Waals surface area contributed by atoms with E-state index in [1.807, 2.05) is 36.7 Å². The van der Waals surface area contributed by atoms with Gasteiger partial charge in [-0.15, -0.1) is 0 Å². The van der Waals surface area contributed by atoms with E-state index in [4.69, 9.17) is 4.74 Å². The second-order valence-corrected chi connectivity index (χ2v) is 8.66. The largest absolute Gasteiger partial charge is 0.496 e. The number of piperidine rings is 1. The third kappa shape index (κ3) is 4.48. The zero-order chi connectivity index (χ0) is 21.0. The second kappa shape index (κ2) is 9.16. The summed E-state index contributed by atoms with van der Waals surface area (Å²) in [5.41, 5.74) is 5.11. The topological polar surface area (TPSA) is 50.3 Å². The fourth-order valence-electron chi connectivity index (χ4n) is 4.98. The molecule has 2 heterocycles. The molecule has 0 amide bonds. The number of hydrogen-bond donors (Lipinski definition) is 1. The van der Waals surface area contributed by atoms with Crippen molar-refractivity contribution in [2.45, 2.75) is 44.3 Å². The predicted octanol–water partition coefficient (Wildman–Crippen LogP) is 3.87. The summed E-state index contributed by atoms with van der Waals surface area (Å²) in [4.78, 5) is 11.9. The van der Waals surface area contributed by atoms with E-state index in [0.29, 0.717) is 17.9 Å². The van der Waals surface area contributed by atoms with E-state index in [1.54, 1.807) is 7.11 Å². The van der Waals surface area contributed by atoms with Gasteiger partial charge in [-0.25, -0.2) is 9.97 Å². The van der Waals surface area contributed by atoms with Crippen LogP contribution in [0.5, 0.6) is 5.75 Å². The molecule has 5 heteroatoms. The monoisotopic (exact) mass is 414 g/mol. The fourth-order valence-corrected chi connectivity index (χ4v) is 4.98. The van der Waals surface area contributed by atoms with Crippen LogP contribution in [0.25, 0.3) is 11.4 Å². The van der Waals surface area contributed by atoms with Crippen molar-refractivity contribution >= 4 is 0 Å². The Kier molecular flexibility index (Phi) is 5.96. The fraction of sp³-hybridized carbons (Fsp3) is 0.385. The number of nitrogens with one attached hydrogen (secondary N) is 1. The molecule has 0 unspecified atom stereocenters. The summed E-state index contributed by atoms with van der Waals surface area (Å²) in [6.45, 7) is 3.14. The van der Waals surface area contributed by atoms with Crippen molar-refractivity contribution in [2.24, 2.45) is 0 Å². The Labute approximate surface area is 184 Å². The average Bonchev–Trinajstić information content (AvgIpc) is 3.28. The lowest BCUT2D eigenvalue weighted by Crippen LogP contribution is -2.49. The molecule has 31 heavy (non-hydrogen) atoms. The summed E-state index contributed by atoms with van der Waals surface area (Å²) in [5, 5.41) is 3.75. The molecule has 0 radical (unpaired) electrons. The van der Waals surface area contributed by atoms with Gasteiger partial charge in [-0.2, -0.15) is 0 Å². The second-order valence-electron chi connectivity index (χ2n) is 8.66. The Morgan fingerprint density at radius 2 is 1.71 bits per heavy atom. The first-order chi connectivity index (χ1) is 15.3. The molecule has 1 N–H and O–H groups in total. The Morgan fingerprint density at radius 1 is 1.00 bits per heavy atom. The number of para-hydroxylation sites is 1. The van der Waals surface area contributed by atoms with Gasteiger partial charge < -0.3 is 10.1 Å². The zero-order valence-corrected chi connectivity index (χ0v) is 18.1. The van der Waals surface area contributed by atoms with Gasteiger partial charge in [-0.1, -0.05) is 36.4 Å². The van der Waals surface area contributed by atoms with Crippen molar-refractivity contribution < 1.29 is 4.74 Å². The van der Waals surface area contributed by atoms with E-state index in [2.05, 4.69) is 44.5 Å². The van der Waals surface area contributed by atoms with E-state index < -0.39 is 0 Å². The minimum Gasteiger partial charge on any atom is -0.496 e. The lowest BCUT2D eigenvalue weighted by molar-refractivity contribution is 0.140. The van der Waals surface area contributed by atoms with Crippen LogP contribution in [0.4, 0.5) is 0 Å². The summed E-state index contributed by atoms with van der Waals surface area (Å²) in [6, 6.07) is 18.0. The Bertz CT molecular complexity index is 995. The number of ether oxygens (including phenoxy) is 1. The van der Waals surface area contributed by atoms with Crippen LogP contribution in [0, 0.1) is 0 Å². The molecule has 160 valence electrons. The quantitative estimate of drug-likeness (QED) is 0.664. The first-order valence-corrected chi connectivity index (χ1v) is 11.3. The van der Waals surface area contributed by atoms with E-state index in [1.165, 1.54) is 43.4 Å². The molecule has 1 fully saturated rings. The number of aromatic nitrogens is 2. The van der Waals surface area contributed by atoms with Gasteiger partial charge in [0.15, 0.2) is 5.82 Å². The van der Waals surface area contributed by atoms with Crippen molar-refractivity contribution in [2.75, 3.05) is 20.2 Å². The summed E-state index contributed by atoms with van der Waals surface area (Å²) in [6.07, 6.45) is 8.73. The molecule has 1 aromatic heterocycles. The molecule has 5 rings (SSSR count). The molecule has 1 atom stereocenters. The molecule has 3 aromatic rings. The predicted molar refractivity (Wildman–Crippen MR) is 123 cm³/mol. The maximum atomic E-state index is 5.43. The van der Waals surface area contributed by atoms with Crippen LogP contribution in [-0.2, 0) is 19.4 Å². The van der Waals surface area contributed by atoms with Crippen molar-refractivity contribution in [3.8, 4) is 17.1 Å². The highest BCUT2D eigenvalue weighted by Crippen LogP contribution is 2.28. The lowest BCUT2D eigenvalue weighted by Gasteiger charge is -2.37. The highest BCUT2D eigenvalue weighted by Gasteiger charge is 2.30. The molecular weight excluding hydrogens is 384 g/mol. The number of nitrogens with zero attached hydrogens (tertiary/aromatic N) is 3. The summed E-state index contributed by atoms with van der Waals surface area (Å²) >= 11 is 0. The minimum absolute atomic E-state index is 0.520. The van der Waals surface area contributed by atoms with Gasteiger partial charge in [0.25, 0.3) is 0 Å². The molecule has 1 saturated heterocycles. The van der Waals surface area contributed by atoms with Crippen LogP contribution < -0.4 is 10.1 Å². The molecule has 0 bridgehead atoms. The molecule has 5 nitrogen and oxygen atoms in total. The molecule has 1 aliphatic carbocycles. The minimum atomic E-state index is 0.520. The van der Waals surface area contributed by atoms with Crippen LogP contribution in [0.3, 0.4) is 0 Å². The Hall–Kier alpha value is -2.76. The molecule has 2 aromatic carbocycles. The van der Waals surface area contributed by atoms with Crippen LogP contribution in [-0.4, -0.2) is 47.2 Å². The summed E-state index contributed by atoms with van der Waals surface area (Å²) in [7, 11) is 1.68. The van der Waals surface area contributed by atoms with E-state index in [0.717, 1.165) is 30.0 Å². The third-order valence-corrected chi connectivity index (χ3v) is 6.65. The van der Waals surface area contributed by atoms with Crippen molar-refractivity contribution in [1.29, 1.82) is 0 Å². The highest BCUT2D eigenvalue weighted by molar-refractivity contribution is 5.63. The molecule has 1 aliphatic heterocycles. The smallest absolute Gasteiger partial charge is 0.162 e. The average molecular weight is 415 g/mol. The number of methoxy groups -OCH3 is 1. The summed E-state index contributed by atoms with van der Waals surface area (Å²) in [5.74, 6) is 1.50. The number of fused-ring (bicyclic) bond motifs is 1. The number of benzene rings is 2. The normalized spacial score (nSPS) is 19.3. The summed E-state index contributed by atoms with van der Waals surface area (Å²) < 4.78 is 5.43. The number of hydrogen-bond acceptors (Lipinski definition) is 5. The zero-order valence-electron chi connectivity index (χ0n) is 18.1. The van der Waals surface area contributed by atoms with Gasteiger partial charge in [-0.05, 0) is 55.5 Å². The Balaban J connectivity index is 1.17. The van der Waals surface area contributed by atoms with Gasteiger partial charge in [0.1, 0.15) is 5.75 Å².